The molecule has 0 unspecified atom stereocenters. The molecule has 2 aromatic carbocycles. The highest BCUT2D eigenvalue weighted by Gasteiger charge is 2.32. The van der Waals surface area contributed by atoms with Crippen LogP contribution in [0.1, 0.15) is 31.0 Å². The normalized spacial score (nSPS) is 16.3. The van der Waals surface area contributed by atoms with Crippen LogP contribution in [0.2, 0.25) is 0 Å². The first-order valence-corrected chi connectivity index (χ1v) is 11.1. The van der Waals surface area contributed by atoms with E-state index in [0.717, 1.165) is 36.1 Å². The van der Waals surface area contributed by atoms with Crippen LogP contribution in [0.3, 0.4) is 0 Å². The molecule has 1 saturated heterocycles. The number of benzene rings is 2. The summed E-state index contributed by atoms with van der Waals surface area (Å²) in [5.41, 5.74) is 3.53. The van der Waals surface area contributed by atoms with E-state index in [1.165, 1.54) is 5.56 Å². The summed E-state index contributed by atoms with van der Waals surface area (Å²) in [6, 6.07) is 15.2. The number of nitrogens with one attached hydrogen (secondary N) is 2. The Bertz CT molecular complexity index is 1090. The minimum absolute atomic E-state index is 0.0641. The van der Waals surface area contributed by atoms with E-state index in [9.17, 15) is 14.7 Å². The minimum atomic E-state index is -0.862. The van der Waals surface area contributed by atoms with Crippen molar-refractivity contribution in [2.24, 2.45) is 5.92 Å². The van der Waals surface area contributed by atoms with Crippen LogP contribution >= 0.6 is 0 Å². The molecule has 1 aliphatic rings. The lowest BCUT2D eigenvalue weighted by molar-refractivity contribution is -0.144. The van der Waals surface area contributed by atoms with Crippen LogP contribution in [0, 0.1) is 5.92 Å². The third-order valence-electron chi connectivity index (χ3n) is 6.06. The van der Waals surface area contributed by atoms with Crippen molar-refractivity contribution < 1.29 is 14.7 Å². The molecule has 4 rings (SSSR count). The number of nitrogens with zero attached hydrogens (tertiary/aromatic N) is 2. The van der Waals surface area contributed by atoms with E-state index < -0.39 is 12.0 Å². The minimum Gasteiger partial charge on any atom is -0.480 e. The molecular weight excluding hydrogens is 404 g/mol. The third kappa shape index (κ3) is 4.84. The van der Waals surface area contributed by atoms with Crippen molar-refractivity contribution in [2.45, 2.75) is 26.4 Å². The number of hydrogen-bond donors (Lipinski definition) is 3. The number of aromatic amines is 1. The second-order valence-electron chi connectivity index (χ2n) is 8.69. The molecule has 7 nitrogen and oxygen atoms in total. The molecule has 7 heteroatoms. The maximum Gasteiger partial charge on any atom is 0.325 e. The van der Waals surface area contributed by atoms with E-state index in [1.54, 1.807) is 6.20 Å². The van der Waals surface area contributed by atoms with Gasteiger partial charge >= 0.3 is 5.97 Å². The zero-order valence-corrected chi connectivity index (χ0v) is 18.5. The Labute approximate surface area is 188 Å². The number of aromatic nitrogens is 1. The fourth-order valence-electron chi connectivity index (χ4n) is 4.24. The molecule has 1 aromatic heterocycles. The molecule has 1 aliphatic heterocycles. The Kier molecular flexibility index (Phi) is 6.58. The number of anilines is 1. The zero-order valence-electron chi connectivity index (χ0n) is 18.5. The van der Waals surface area contributed by atoms with Gasteiger partial charge in [-0.3, -0.25) is 19.4 Å². The molecule has 0 spiro atoms. The first-order valence-electron chi connectivity index (χ1n) is 11.1. The molecular formula is C25H30N4O3. The quantitative estimate of drug-likeness (QED) is 0.528. The lowest BCUT2D eigenvalue weighted by Gasteiger charge is -2.37. The van der Waals surface area contributed by atoms with Crippen LogP contribution in [0.15, 0.2) is 54.7 Å². The van der Waals surface area contributed by atoms with Gasteiger partial charge in [0.1, 0.15) is 6.04 Å². The van der Waals surface area contributed by atoms with Gasteiger partial charge in [0.15, 0.2) is 0 Å². The van der Waals surface area contributed by atoms with Crippen LogP contribution in [0.25, 0.3) is 10.9 Å². The van der Waals surface area contributed by atoms with Crippen molar-refractivity contribution >= 4 is 28.5 Å². The number of amides is 1. The number of fused-ring (bicyclic) bond motifs is 1. The van der Waals surface area contributed by atoms with Gasteiger partial charge in [-0.15, -0.1) is 0 Å². The topological polar surface area (TPSA) is 88.7 Å². The summed E-state index contributed by atoms with van der Waals surface area (Å²) in [7, 11) is 0. The van der Waals surface area contributed by atoms with E-state index >= 15 is 0 Å². The van der Waals surface area contributed by atoms with Crippen LogP contribution in [0.5, 0.6) is 0 Å². The van der Waals surface area contributed by atoms with Gasteiger partial charge in [0, 0.05) is 67.0 Å². The van der Waals surface area contributed by atoms with E-state index in [1.807, 2.05) is 55.1 Å². The van der Waals surface area contributed by atoms with Crippen molar-refractivity contribution in [3.8, 4) is 0 Å². The molecule has 2 heterocycles. The van der Waals surface area contributed by atoms with Crippen molar-refractivity contribution in [2.75, 3.05) is 31.5 Å². The number of carbonyl (C=O) groups excluding carboxylic acids is 1. The molecule has 0 bridgehead atoms. The van der Waals surface area contributed by atoms with Gasteiger partial charge in [0.05, 0.1) is 0 Å². The Morgan fingerprint density at radius 2 is 1.78 bits per heavy atom. The molecule has 0 radical (unpaired) electrons. The predicted molar refractivity (Wildman–Crippen MR) is 125 cm³/mol. The summed E-state index contributed by atoms with van der Waals surface area (Å²) in [6.45, 7) is 7.55. The summed E-state index contributed by atoms with van der Waals surface area (Å²) >= 11 is 0. The van der Waals surface area contributed by atoms with Gasteiger partial charge in [-0.25, -0.2) is 0 Å². The van der Waals surface area contributed by atoms with Gasteiger partial charge in [-0.05, 0) is 23.8 Å². The van der Waals surface area contributed by atoms with Crippen LogP contribution in [0.4, 0.5) is 5.69 Å². The lowest BCUT2D eigenvalue weighted by Crippen LogP contribution is -2.48. The van der Waals surface area contributed by atoms with Gasteiger partial charge < -0.3 is 15.4 Å². The van der Waals surface area contributed by atoms with Gasteiger partial charge in [-0.2, -0.15) is 0 Å². The van der Waals surface area contributed by atoms with Gasteiger partial charge in [0.25, 0.3) is 0 Å². The number of aliphatic carboxylic acids is 1. The Hall–Kier alpha value is -3.16. The highest BCUT2D eigenvalue weighted by Crippen LogP contribution is 2.31. The number of carboxylic acid groups (broad SMARTS) is 1. The van der Waals surface area contributed by atoms with Crippen LogP contribution in [-0.4, -0.2) is 57.9 Å². The molecule has 1 atom stereocenters. The number of H-pyrrole nitrogens is 1. The fourth-order valence-corrected chi connectivity index (χ4v) is 4.24. The largest absolute Gasteiger partial charge is 0.480 e. The molecule has 0 aliphatic carbocycles. The number of carboxylic acids is 1. The Balaban J connectivity index is 1.51. The second-order valence-corrected chi connectivity index (χ2v) is 8.69. The van der Waals surface area contributed by atoms with E-state index in [0.29, 0.717) is 18.8 Å². The van der Waals surface area contributed by atoms with Crippen molar-refractivity contribution in [1.82, 2.24) is 14.8 Å². The summed E-state index contributed by atoms with van der Waals surface area (Å²) in [4.78, 5) is 32.0. The van der Waals surface area contributed by atoms with Crippen molar-refractivity contribution in [3.05, 3.63) is 65.9 Å². The van der Waals surface area contributed by atoms with E-state index in [4.69, 9.17) is 0 Å². The highest BCUT2D eigenvalue weighted by atomic mass is 16.4. The van der Waals surface area contributed by atoms with Crippen LogP contribution < -0.4 is 5.32 Å². The maximum atomic E-state index is 12.3. The standard InChI is InChI=1S/C25H30N4O3/c1-17(2)24(30)27-19-8-9-22-20(14-19)21(15-26-22)23(25(31)32)29-12-10-28(11-13-29)16-18-6-4-3-5-7-18/h3-9,14-15,17,23,26H,10-13,16H2,1-2H3,(H,27,30)(H,31,32)/t23-/m1/s1. The van der Waals surface area contributed by atoms with E-state index in [2.05, 4.69) is 27.3 Å². The molecule has 168 valence electrons. The SMILES string of the molecule is CC(C)C(=O)Nc1ccc2[nH]cc([C@H](C(=O)O)N3CCN(Cc4ccccc4)CC3)c2c1. The number of piperazine rings is 1. The number of rotatable bonds is 7. The average Bonchev–Trinajstić information content (AvgIpc) is 3.18. The van der Waals surface area contributed by atoms with Crippen LogP contribution in [-0.2, 0) is 16.1 Å². The summed E-state index contributed by atoms with van der Waals surface area (Å²) in [6.07, 6.45) is 1.79. The Morgan fingerprint density at radius 1 is 1.06 bits per heavy atom. The fraction of sp³-hybridized carbons (Fsp3) is 0.360. The predicted octanol–water partition coefficient (Wildman–Crippen LogP) is 3.71. The number of hydrogen-bond acceptors (Lipinski definition) is 4. The lowest BCUT2D eigenvalue weighted by atomic mass is 10.0. The van der Waals surface area contributed by atoms with Crippen molar-refractivity contribution in [3.63, 3.8) is 0 Å². The maximum absolute atomic E-state index is 12.3. The smallest absolute Gasteiger partial charge is 0.325 e. The van der Waals surface area contributed by atoms with Crippen molar-refractivity contribution in [1.29, 1.82) is 0 Å². The zero-order chi connectivity index (χ0) is 22.7. The molecule has 1 amide bonds. The first kappa shape index (κ1) is 22.0. The summed E-state index contributed by atoms with van der Waals surface area (Å²) in [5.74, 6) is -1.06. The van der Waals surface area contributed by atoms with E-state index in [-0.39, 0.29) is 11.8 Å². The monoisotopic (exact) mass is 434 g/mol. The highest BCUT2D eigenvalue weighted by molar-refractivity contribution is 5.96. The van der Waals surface area contributed by atoms with Gasteiger partial charge in [0.2, 0.25) is 5.91 Å². The summed E-state index contributed by atoms with van der Waals surface area (Å²) in [5, 5.41) is 13.8. The first-order chi connectivity index (χ1) is 15.4. The Morgan fingerprint density at radius 3 is 2.44 bits per heavy atom. The average molecular weight is 435 g/mol. The van der Waals surface area contributed by atoms with Gasteiger partial charge in [-0.1, -0.05) is 44.2 Å². The molecule has 32 heavy (non-hydrogen) atoms. The molecule has 0 saturated carbocycles. The molecule has 1 fully saturated rings. The summed E-state index contributed by atoms with van der Waals surface area (Å²) < 4.78 is 0. The number of carbonyl (C=O) groups is 2. The third-order valence-corrected chi connectivity index (χ3v) is 6.06. The molecule has 3 aromatic rings. The second kappa shape index (κ2) is 9.54. The molecule has 3 N–H and O–H groups in total.